The monoisotopic (exact) mass is 377 g/mol. The van der Waals surface area contributed by atoms with Crippen molar-refractivity contribution < 1.29 is 9.13 Å². The molecule has 0 unspecified atom stereocenters. The van der Waals surface area contributed by atoms with Gasteiger partial charge in [-0.2, -0.15) is 0 Å². The fraction of sp³-hybridized carbons (Fsp3) is 0.222. The van der Waals surface area contributed by atoms with Gasteiger partial charge < -0.3 is 9.30 Å². The summed E-state index contributed by atoms with van der Waals surface area (Å²) in [5.74, 6) is 1.70. The number of hydrogen-bond acceptors (Lipinski definition) is 4. The van der Waals surface area contributed by atoms with Crippen molar-refractivity contribution in [2.24, 2.45) is 7.05 Å². The van der Waals surface area contributed by atoms with E-state index in [2.05, 4.69) is 10.2 Å². The lowest BCUT2D eigenvalue weighted by molar-refractivity contribution is 0.290. The zero-order chi connectivity index (χ0) is 17.8. The number of ether oxygens (including phenoxy) is 1. The van der Waals surface area contributed by atoms with Gasteiger partial charge in [-0.3, -0.25) is 0 Å². The second kappa shape index (κ2) is 7.89. The van der Waals surface area contributed by atoms with Crippen LogP contribution in [0.3, 0.4) is 0 Å². The molecule has 0 radical (unpaired) electrons. The van der Waals surface area contributed by atoms with Crippen LogP contribution in [0.4, 0.5) is 4.39 Å². The molecule has 2 aromatic carbocycles. The van der Waals surface area contributed by atoms with Crippen LogP contribution in [0.1, 0.15) is 17.0 Å². The Morgan fingerprint density at radius 3 is 2.84 bits per heavy atom. The molecule has 3 aromatic rings. The van der Waals surface area contributed by atoms with Gasteiger partial charge >= 0.3 is 0 Å². The zero-order valence-electron chi connectivity index (χ0n) is 13.9. The Morgan fingerprint density at radius 1 is 1.20 bits per heavy atom. The molecule has 0 N–H and O–H groups in total. The van der Waals surface area contributed by atoms with E-state index >= 15 is 0 Å². The molecule has 0 fully saturated rings. The maximum atomic E-state index is 13.2. The van der Waals surface area contributed by atoms with Gasteiger partial charge in [0, 0.05) is 12.8 Å². The predicted octanol–water partition coefficient (Wildman–Crippen LogP) is 4.79. The molecule has 0 spiro atoms. The average molecular weight is 378 g/mol. The molecule has 7 heteroatoms. The summed E-state index contributed by atoms with van der Waals surface area (Å²) >= 11 is 7.63. The van der Waals surface area contributed by atoms with Gasteiger partial charge in [0.2, 0.25) is 0 Å². The molecule has 3 rings (SSSR count). The van der Waals surface area contributed by atoms with Gasteiger partial charge in [-0.25, -0.2) is 4.39 Å². The maximum Gasteiger partial charge on any atom is 0.191 e. The number of rotatable bonds is 6. The third kappa shape index (κ3) is 4.52. The van der Waals surface area contributed by atoms with Crippen LogP contribution in [0, 0.1) is 12.7 Å². The highest BCUT2D eigenvalue weighted by atomic mass is 35.5. The summed E-state index contributed by atoms with van der Waals surface area (Å²) in [7, 11) is 1.88. The molecule has 0 saturated heterocycles. The van der Waals surface area contributed by atoms with Crippen LogP contribution in [-0.2, 0) is 19.4 Å². The molecule has 130 valence electrons. The molecule has 25 heavy (non-hydrogen) atoms. The van der Waals surface area contributed by atoms with Crippen molar-refractivity contribution in [3.63, 3.8) is 0 Å². The van der Waals surface area contributed by atoms with Gasteiger partial charge in [0.15, 0.2) is 11.0 Å². The lowest BCUT2D eigenvalue weighted by atomic mass is 10.2. The van der Waals surface area contributed by atoms with Gasteiger partial charge in [0.1, 0.15) is 18.2 Å². The van der Waals surface area contributed by atoms with Crippen LogP contribution in [0.5, 0.6) is 5.75 Å². The minimum Gasteiger partial charge on any atom is -0.484 e. The number of benzene rings is 2. The maximum absolute atomic E-state index is 13.2. The van der Waals surface area contributed by atoms with Crippen molar-refractivity contribution in [2.45, 2.75) is 24.4 Å². The summed E-state index contributed by atoms with van der Waals surface area (Å²) in [6.07, 6.45) is 0. The Hall–Kier alpha value is -2.05. The van der Waals surface area contributed by atoms with Crippen molar-refractivity contribution in [1.29, 1.82) is 0 Å². The Bertz CT molecular complexity index is 885. The normalized spacial score (nSPS) is 10.9. The number of thioether (sulfide) groups is 1. The van der Waals surface area contributed by atoms with E-state index in [-0.39, 0.29) is 12.4 Å². The molecule has 1 heterocycles. The molecule has 0 aliphatic carbocycles. The van der Waals surface area contributed by atoms with Crippen molar-refractivity contribution in [1.82, 2.24) is 14.8 Å². The highest BCUT2D eigenvalue weighted by Gasteiger charge is 2.11. The fourth-order valence-electron chi connectivity index (χ4n) is 2.23. The first kappa shape index (κ1) is 17.8. The molecule has 0 saturated carbocycles. The standard InChI is InChI=1S/C18H17ClFN3OS/c1-12-6-7-15(19)16(8-12)24-10-17-21-22-18(23(17)2)25-11-13-4-3-5-14(20)9-13/h3-9H,10-11H2,1-2H3. The van der Waals surface area contributed by atoms with Gasteiger partial charge in [-0.1, -0.05) is 41.6 Å². The third-order valence-corrected chi connectivity index (χ3v) is 5.03. The molecule has 0 aliphatic rings. The van der Waals surface area contributed by atoms with Crippen LogP contribution >= 0.6 is 23.4 Å². The lowest BCUT2D eigenvalue weighted by Gasteiger charge is -2.09. The minimum absolute atomic E-state index is 0.236. The van der Waals surface area contributed by atoms with E-state index in [9.17, 15) is 4.39 Å². The Balaban J connectivity index is 1.63. The summed E-state index contributed by atoms with van der Waals surface area (Å²) < 4.78 is 20.9. The number of nitrogens with zero attached hydrogens (tertiary/aromatic N) is 3. The molecule has 0 amide bonds. The van der Waals surface area contributed by atoms with E-state index in [0.717, 1.165) is 16.3 Å². The lowest BCUT2D eigenvalue weighted by Crippen LogP contribution is -2.04. The quantitative estimate of drug-likeness (QED) is 0.579. The first-order chi connectivity index (χ1) is 12.0. The van der Waals surface area contributed by atoms with E-state index < -0.39 is 0 Å². The van der Waals surface area contributed by atoms with Gasteiger partial charge in [0.05, 0.1) is 5.02 Å². The van der Waals surface area contributed by atoms with E-state index in [1.807, 2.05) is 42.8 Å². The summed E-state index contributed by atoms with van der Waals surface area (Å²) in [4.78, 5) is 0. The first-order valence-corrected chi connectivity index (χ1v) is 9.04. The molecule has 0 aliphatic heterocycles. The summed E-state index contributed by atoms with van der Waals surface area (Å²) in [6, 6.07) is 12.2. The minimum atomic E-state index is -0.236. The topological polar surface area (TPSA) is 39.9 Å². The number of aromatic nitrogens is 3. The number of halogens is 2. The predicted molar refractivity (Wildman–Crippen MR) is 97.5 cm³/mol. The summed E-state index contributed by atoms with van der Waals surface area (Å²) in [6.45, 7) is 2.25. The second-order valence-corrected chi connectivity index (χ2v) is 6.95. The average Bonchev–Trinajstić information content (AvgIpc) is 2.94. The smallest absolute Gasteiger partial charge is 0.191 e. The summed E-state index contributed by atoms with van der Waals surface area (Å²) in [5, 5.41) is 9.65. The second-order valence-electron chi connectivity index (χ2n) is 5.60. The highest BCUT2D eigenvalue weighted by Crippen LogP contribution is 2.26. The van der Waals surface area contributed by atoms with E-state index in [0.29, 0.717) is 22.3 Å². The van der Waals surface area contributed by atoms with Crippen LogP contribution < -0.4 is 4.74 Å². The molecular weight excluding hydrogens is 361 g/mol. The fourth-order valence-corrected chi connectivity index (χ4v) is 3.28. The van der Waals surface area contributed by atoms with Crippen molar-refractivity contribution in [3.05, 3.63) is 70.3 Å². The van der Waals surface area contributed by atoms with Gasteiger partial charge in [-0.05, 0) is 42.3 Å². The molecule has 0 bridgehead atoms. The SMILES string of the molecule is Cc1ccc(Cl)c(OCc2nnc(SCc3cccc(F)c3)n2C)c1. The number of aryl methyl sites for hydroxylation is 1. The van der Waals surface area contributed by atoms with Gasteiger partial charge in [0.25, 0.3) is 0 Å². The van der Waals surface area contributed by atoms with Gasteiger partial charge in [-0.15, -0.1) is 10.2 Å². The summed E-state index contributed by atoms with van der Waals surface area (Å²) in [5.41, 5.74) is 1.97. The zero-order valence-corrected chi connectivity index (χ0v) is 15.4. The Labute approximate surface area is 155 Å². The van der Waals surface area contributed by atoms with E-state index in [1.54, 1.807) is 6.07 Å². The Morgan fingerprint density at radius 2 is 2.04 bits per heavy atom. The van der Waals surface area contributed by atoms with E-state index in [4.69, 9.17) is 16.3 Å². The highest BCUT2D eigenvalue weighted by molar-refractivity contribution is 7.98. The van der Waals surface area contributed by atoms with Crippen LogP contribution in [-0.4, -0.2) is 14.8 Å². The third-order valence-electron chi connectivity index (χ3n) is 3.63. The Kier molecular flexibility index (Phi) is 5.60. The first-order valence-electron chi connectivity index (χ1n) is 7.67. The largest absolute Gasteiger partial charge is 0.484 e. The van der Waals surface area contributed by atoms with E-state index in [1.165, 1.54) is 23.9 Å². The van der Waals surface area contributed by atoms with Crippen molar-refractivity contribution >= 4 is 23.4 Å². The molecule has 0 atom stereocenters. The van der Waals surface area contributed by atoms with Crippen LogP contribution in [0.15, 0.2) is 47.6 Å². The number of hydrogen-bond donors (Lipinski definition) is 0. The van der Waals surface area contributed by atoms with Crippen LogP contribution in [0.2, 0.25) is 5.02 Å². The molecule has 1 aromatic heterocycles. The van der Waals surface area contributed by atoms with Crippen molar-refractivity contribution in [3.8, 4) is 5.75 Å². The van der Waals surface area contributed by atoms with Crippen molar-refractivity contribution in [2.75, 3.05) is 0 Å². The van der Waals surface area contributed by atoms with Crippen LogP contribution in [0.25, 0.3) is 0 Å². The molecular formula is C18H17ClFN3OS. The molecule has 4 nitrogen and oxygen atoms in total.